The van der Waals surface area contributed by atoms with Gasteiger partial charge < -0.3 is 15.4 Å². The largest absolute Gasteiger partial charge is 0.482 e. The number of aryl methyl sites for hydroxylation is 1. The minimum absolute atomic E-state index is 0.0411. The smallest absolute Gasteiger partial charge is 0.262 e. The Balaban J connectivity index is 1.54. The van der Waals surface area contributed by atoms with Crippen molar-refractivity contribution in [3.05, 3.63) is 23.1 Å². The molecule has 0 radical (unpaired) electrons. The zero-order valence-corrected chi connectivity index (χ0v) is 15.4. The molecule has 0 bridgehead atoms. The van der Waals surface area contributed by atoms with Crippen LogP contribution in [-0.2, 0) is 9.59 Å². The molecular weight excluding hydrogens is 350 g/mol. The molecule has 7 heteroatoms. The number of aromatic nitrogens is 1. The lowest BCUT2D eigenvalue weighted by Gasteiger charge is -2.19. The maximum atomic E-state index is 12.4. The number of benzene rings is 1. The fourth-order valence-electron chi connectivity index (χ4n) is 3.52. The van der Waals surface area contributed by atoms with Crippen LogP contribution in [0.5, 0.6) is 5.75 Å². The van der Waals surface area contributed by atoms with Crippen LogP contribution >= 0.6 is 11.3 Å². The van der Waals surface area contributed by atoms with Crippen LogP contribution in [0.15, 0.2) is 18.2 Å². The third-order valence-corrected chi connectivity index (χ3v) is 5.77. The van der Waals surface area contributed by atoms with Crippen LogP contribution in [0, 0.1) is 12.8 Å². The molecule has 2 aromatic rings. The Kier molecular flexibility index (Phi) is 4.63. The highest BCUT2D eigenvalue weighted by Crippen LogP contribution is 2.36. The van der Waals surface area contributed by atoms with Gasteiger partial charge in [0, 0.05) is 16.4 Å². The first-order valence-corrected chi connectivity index (χ1v) is 9.77. The van der Waals surface area contributed by atoms with Crippen LogP contribution < -0.4 is 15.4 Å². The second kappa shape index (κ2) is 7.07. The van der Waals surface area contributed by atoms with Gasteiger partial charge >= 0.3 is 0 Å². The number of fused-ring (bicyclic) bond motifs is 1. The molecular formula is C19H21N3O3S. The summed E-state index contributed by atoms with van der Waals surface area (Å²) in [5.74, 6) is 0.681. The van der Waals surface area contributed by atoms with Crippen LogP contribution in [0.2, 0.25) is 0 Å². The monoisotopic (exact) mass is 371 g/mol. The average Bonchev–Trinajstić information content (AvgIpc) is 3.02. The summed E-state index contributed by atoms with van der Waals surface area (Å²) in [7, 11) is 0. The normalized spacial score (nSPS) is 17.2. The van der Waals surface area contributed by atoms with Crippen LogP contribution in [0.25, 0.3) is 11.3 Å². The summed E-state index contributed by atoms with van der Waals surface area (Å²) < 4.78 is 5.39. The van der Waals surface area contributed by atoms with E-state index in [0.717, 1.165) is 41.8 Å². The number of hydrogen-bond acceptors (Lipinski definition) is 5. The van der Waals surface area contributed by atoms with Gasteiger partial charge in [-0.3, -0.25) is 9.59 Å². The number of amides is 2. The van der Waals surface area contributed by atoms with Crippen molar-refractivity contribution in [1.29, 1.82) is 0 Å². The number of carbonyl (C=O) groups is 2. The number of hydrogen-bond donors (Lipinski definition) is 2. The lowest BCUT2D eigenvalue weighted by molar-refractivity contribution is -0.121. The minimum Gasteiger partial charge on any atom is -0.482 e. The molecule has 2 heterocycles. The van der Waals surface area contributed by atoms with E-state index in [1.807, 2.05) is 25.1 Å². The Morgan fingerprint density at radius 1 is 1.31 bits per heavy atom. The molecule has 1 aliphatic carbocycles. The summed E-state index contributed by atoms with van der Waals surface area (Å²) >= 11 is 1.48. The highest BCUT2D eigenvalue weighted by molar-refractivity contribution is 7.16. The second-order valence-corrected chi connectivity index (χ2v) is 8.00. The number of ether oxygens (including phenoxy) is 1. The van der Waals surface area contributed by atoms with Gasteiger partial charge in [0.2, 0.25) is 5.91 Å². The van der Waals surface area contributed by atoms with Crippen molar-refractivity contribution in [2.45, 2.75) is 39.0 Å². The molecule has 1 aromatic carbocycles. The molecule has 26 heavy (non-hydrogen) atoms. The molecule has 0 unspecified atom stereocenters. The summed E-state index contributed by atoms with van der Waals surface area (Å²) in [5.41, 5.74) is 2.36. The molecule has 2 aliphatic rings. The van der Waals surface area contributed by atoms with Gasteiger partial charge in [0.05, 0.1) is 11.4 Å². The predicted octanol–water partition coefficient (Wildman–Crippen LogP) is 3.97. The van der Waals surface area contributed by atoms with Crippen molar-refractivity contribution in [2.24, 2.45) is 5.92 Å². The van der Waals surface area contributed by atoms with Gasteiger partial charge in [-0.25, -0.2) is 4.98 Å². The third-order valence-electron chi connectivity index (χ3n) is 4.89. The maximum absolute atomic E-state index is 12.4. The first-order valence-electron chi connectivity index (χ1n) is 8.95. The highest BCUT2D eigenvalue weighted by Gasteiger charge is 2.23. The van der Waals surface area contributed by atoms with Crippen molar-refractivity contribution in [1.82, 2.24) is 4.98 Å². The van der Waals surface area contributed by atoms with Gasteiger partial charge in [0.15, 0.2) is 11.7 Å². The fourth-order valence-corrected chi connectivity index (χ4v) is 4.36. The zero-order valence-electron chi connectivity index (χ0n) is 14.6. The number of nitrogens with zero attached hydrogens (tertiary/aromatic N) is 1. The molecule has 136 valence electrons. The first-order chi connectivity index (χ1) is 12.6. The standard InChI is InChI=1S/C19H21N3O3S/c1-11-17(13-7-8-15-14(9-13)20-16(23)10-25-15)21-19(26-11)22-18(24)12-5-3-2-4-6-12/h7-9,12H,2-6,10H2,1H3,(H,20,23)(H,21,22,24). The number of thiazole rings is 1. The van der Waals surface area contributed by atoms with Crippen molar-refractivity contribution < 1.29 is 14.3 Å². The quantitative estimate of drug-likeness (QED) is 0.855. The summed E-state index contributed by atoms with van der Waals surface area (Å²) in [5, 5.41) is 6.43. The van der Waals surface area contributed by atoms with Gasteiger partial charge in [0.25, 0.3) is 5.91 Å². The molecule has 0 atom stereocenters. The Morgan fingerprint density at radius 3 is 2.92 bits per heavy atom. The van der Waals surface area contributed by atoms with E-state index in [-0.39, 0.29) is 24.3 Å². The van der Waals surface area contributed by atoms with Crippen LogP contribution in [-0.4, -0.2) is 23.4 Å². The van der Waals surface area contributed by atoms with Gasteiger partial charge in [-0.05, 0) is 38.0 Å². The Labute approximate surface area is 156 Å². The Bertz CT molecular complexity index is 856. The number of anilines is 2. The predicted molar refractivity (Wildman–Crippen MR) is 102 cm³/mol. The number of rotatable bonds is 3. The van der Waals surface area contributed by atoms with Crippen LogP contribution in [0.1, 0.15) is 37.0 Å². The SMILES string of the molecule is Cc1sc(NC(=O)C2CCCCC2)nc1-c1ccc2c(c1)NC(=O)CO2. The summed E-state index contributed by atoms with van der Waals surface area (Å²) in [6.45, 7) is 2.03. The van der Waals surface area contributed by atoms with E-state index in [4.69, 9.17) is 4.74 Å². The number of carbonyl (C=O) groups excluding carboxylic acids is 2. The van der Waals surface area contributed by atoms with E-state index >= 15 is 0 Å². The van der Waals surface area contributed by atoms with Gasteiger partial charge in [-0.15, -0.1) is 11.3 Å². The second-order valence-electron chi connectivity index (χ2n) is 6.80. The molecule has 1 aromatic heterocycles. The summed E-state index contributed by atoms with van der Waals surface area (Å²) in [6.07, 6.45) is 5.41. The van der Waals surface area contributed by atoms with Crippen molar-refractivity contribution in [2.75, 3.05) is 17.2 Å². The number of nitrogens with one attached hydrogen (secondary N) is 2. The van der Waals surface area contributed by atoms with E-state index in [2.05, 4.69) is 15.6 Å². The molecule has 1 aliphatic heterocycles. The molecule has 4 rings (SSSR count). The van der Waals surface area contributed by atoms with Crippen molar-refractivity contribution in [3.8, 4) is 17.0 Å². The van der Waals surface area contributed by atoms with E-state index in [0.29, 0.717) is 16.6 Å². The van der Waals surface area contributed by atoms with Crippen LogP contribution in [0.4, 0.5) is 10.8 Å². The molecule has 1 fully saturated rings. The fraction of sp³-hybridized carbons (Fsp3) is 0.421. The van der Waals surface area contributed by atoms with E-state index in [1.165, 1.54) is 17.8 Å². The van der Waals surface area contributed by atoms with E-state index < -0.39 is 0 Å². The van der Waals surface area contributed by atoms with Gasteiger partial charge in [-0.2, -0.15) is 0 Å². The molecule has 0 saturated heterocycles. The Morgan fingerprint density at radius 2 is 2.12 bits per heavy atom. The van der Waals surface area contributed by atoms with Crippen molar-refractivity contribution >= 4 is 34.0 Å². The average molecular weight is 371 g/mol. The van der Waals surface area contributed by atoms with Crippen molar-refractivity contribution in [3.63, 3.8) is 0 Å². The van der Waals surface area contributed by atoms with E-state index in [1.54, 1.807) is 0 Å². The lowest BCUT2D eigenvalue weighted by atomic mass is 9.89. The third kappa shape index (κ3) is 3.44. The summed E-state index contributed by atoms with van der Waals surface area (Å²) in [4.78, 5) is 29.6. The first kappa shape index (κ1) is 17.0. The minimum atomic E-state index is -0.162. The molecule has 2 N–H and O–H groups in total. The van der Waals surface area contributed by atoms with E-state index in [9.17, 15) is 9.59 Å². The molecule has 1 saturated carbocycles. The lowest BCUT2D eigenvalue weighted by Crippen LogP contribution is -2.25. The molecule has 2 amide bonds. The zero-order chi connectivity index (χ0) is 18.1. The highest BCUT2D eigenvalue weighted by atomic mass is 32.1. The van der Waals surface area contributed by atoms with Gasteiger partial charge in [-0.1, -0.05) is 19.3 Å². The maximum Gasteiger partial charge on any atom is 0.262 e. The van der Waals surface area contributed by atoms with Gasteiger partial charge in [0.1, 0.15) is 5.75 Å². The molecule has 0 spiro atoms. The molecule has 6 nitrogen and oxygen atoms in total. The van der Waals surface area contributed by atoms with Crippen LogP contribution in [0.3, 0.4) is 0 Å². The summed E-state index contributed by atoms with van der Waals surface area (Å²) in [6, 6.07) is 5.62. The topological polar surface area (TPSA) is 80.3 Å². The Hall–Kier alpha value is -2.41.